The van der Waals surface area contributed by atoms with Crippen molar-refractivity contribution in [3.8, 4) is 6.07 Å². The number of piperazine rings is 1. The number of hydrogen-bond donors (Lipinski definition) is 0. The third-order valence-electron chi connectivity index (χ3n) is 6.05. The summed E-state index contributed by atoms with van der Waals surface area (Å²) in [6, 6.07) is 19.7. The van der Waals surface area contributed by atoms with Crippen LogP contribution in [0.25, 0.3) is 0 Å². The van der Waals surface area contributed by atoms with E-state index in [0.29, 0.717) is 48.9 Å². The number of benzene rings is 3. The lowest BCUT2D eigenvalue weighted by Gasteiger charge is -2.36. The molecular weight excluding hydrogens is 472 g/mol. The molecule has 0 bridgehead atoms. The minimum absolute atomic E-state index is 0.109. The summed E-state index contributed by atoms with van der Waals surface area (Å²) in [7, 11) is 0. The van der Waals surface area contributed by atoms with E-state index < -0.39 is 17.7 Å². The molecule has 1 saturated heterocycles. The predicted octanol–water partition coefficient (Wildman–Crippen LogP) is 5.21. The first-order valence-electron chi connectivity index (χ1n) is 11.3. The van der Waals surface area contributed by atoms with E-state index in [2.05, 4.69) is 11.0 Å². The molecule has 0 aliphatic carbocycles. The maximum atomic E-state index is 14.1. The molecule has 1 atom stereocenters. The van der Waals surface area contributed by atoms with Crippen LogP contribution in [0.1, 0.15) is 33.2 Å². The van der Waals surface area contributed by atoms with E-state index in [9.17, 15) is 13.6 Å². The number of carbonyl (C=O) groups is 1. The van der Waals surface area contributed by atoms with E-state index in [1.165, 1.54) is 18.2 Å². The molecule has 4 rings (SSSR count). The summed E-state index contributed by atoms with van der Waals surface area (Å²) in [5.41, 5.74) is 1.68. The largest absolute Gasteiger partial charge is 0.367 e. The number of amides is 1. The molecule has 3 aromatic rings. The van der Waals surface area contributed by atoms with Crippen LogP contribution in [0, 0.1) is 23.0 Å². The summed E-state index contributed by atoms with van der Waals surface area (Å²) in [6.45, 7) is 2.55. The number of rotatable bonds is 7. The standard InChI is InChI=1S/C27H24ClF2N3O2/c28-22-9-7-20(8-10-22)26(35-18-23-24(29)5-2-6-25(23)30)17-32-11-13-33(14-12-32)27(34)21-4-1-3-19(15-21)16-31/h1-10,15,26H,11-14,17-18H2. The Labute approximate surface area is 208 Å². The Kier molecular flexibility index (Phi) is 8.09. The molecule has 3 aromatic carbocycles. The third-order valence-corrected chi connectivity index (χ3v) is 6.31. The number of hydrogen-bond acceptors (Lipinski definition) is 4. The topological polar surface area (TPSA) is 56.6 Å². The molecule has 180 valence electrons. The van der Waals surface area contributed by atoms with Gasteiger partial charge in [-0.3, -0.25) is 9.69 Å². The minimum Gasteiger partial charge on any atom is -0.367 e. The molecule has 1 amide bonds. The first-order chi connectivity index (χ1) is 16.9. The molecule has 35 heavy (non-hydrogen) atoms. The van der Waals surface area contributed by atoms with Gasteiger partial charge in [-0.2, -0.15) is 5.26 Å². The second kappa shape index (κ2) is 11.4. The van der Waals surface area contributed by atoms with Crippen molar-refractivity contribution in [3.63, 3.8) is 0 Å². The minimum atomic E-state index is -0.646. The zero-order valence-corrected chi connectivity index (χ0v) is 19.7. The Morgan fingerprint density at radius 2 is 1.66 bits per heavy atom. The van der Waals surface area contributed by atoms with Crippen LogP contribution in [0.15, 0.2) is 66.7 Å². The van der Waals surface area contributed by atoms with Crippen molar-refractivity contribution < 1.29 is 18.3 Å². The second-order valence-electron chi connectivity index (χ2n) is 8.34. The number of halogens is 3. The van der Waals surface area contributed by atoms with Crippen molar-refractivity contribution in [2.24, 2.45) is 0 Å². The van der Waals surface area contributed by atoms with Crippen LogP contribution in [0.3, 0.4) is 0 Å². The molecule has 0 aromatic heterocycles. The van der Waals surface area contributed by atoms with E-state index in [1.54, 1.807) is 41.3 Å². The van der Waals surface area contributed by atoms with Gasteiger partial charge in [0.2, 0.25) is 0 Å². The van der Waals surface area contributed by atoms with Crippen molar-refractivity contribution in [2.75, 3.05) is 32.7 Å². The molecule has 8 heteroatoms. The van der Waals surface area contributed by atoms with Gasteiger partial charge in [0.15, 0.2) is 0 Å². The summed E-state index contributed by atoms with van der Waals surface area (Å²) in [5, 5.41) is 9.67. The molecular formula is C27H24ClF2N3O2. The van der Waals surface area contributed by atoms with Crippen molar-refractivity contribution in [1.29, 1.82) is 5.26 Å². The fourth-order valence-electron chi connectivity index (χ4n) is 4.06. The van der Waals surface area contributed by atoms with Gasteiger partial charge in [0.1, 0.15) is 11.6 Å². The van der Waals surface area contributed by atoms with Gasteiger partial charge in [-0.05, 0) is 48.0 Å². The molecule has 0 radical (unpaired) electrons. The zero-order valence-electron chi connectivity index (χ0n) is 19.0. The van der Waals surface area contributed by atoms with E-state index >= 15 is 0 Å². The van der Waals surface area contributed by atoms with Gasteiger partial charge in [0.05, 0.1) is 24.3 Å². The molecule has 1 fully saturated rings. The van der Waals surface area contributed by atoms with E-state index in [4.69, 9.17) is 21.6 Å². The highest BCUT2D eigenvalue weighted by molar-refractivity contribution is 6.30. The average molecular weight is 496 g/mol. The average Bonchev–Trinajstić information content (AvgIpc) is 2.88. The summed E-state index contributed by atoms with van der Waals surface area (Å²) in [6.07, 6.45) is -0.444. The van der Waals surface area contributed by atoms with Crippen LogP contribution < -0.4 is 0 Å². The third kappa shape index (κ3) is 6.23. The lowest BCUT2D eigenvalue weighted by molar-refractivity contribution is 0.00145. The van der Waals surface area contributed by atoms with E-state index in [-0.39, 0.29) is 18.1 Å². The predicted molar refractivity (Wildman–Crippen MR) is 129 cm³/mol. The summed E-state index contributed by atoms with van der Waals surface area (Å²) in [4.78, 5) is 16.8. The lowest BCUT2D eigenvalue weighted by atomic mass is 10.1. The van der Waals surface area contributed by atoms with Crippen LogP contribution in [0.5, 0.6) is 0 Å². The summed E-state index contributed by atoms with van der Waals surface area (Å²) in [5.74, 6) is -1.40. The highest BCUT2D eigenvalue weighted by atomic mass is 35.5. The van der Waals surface area contributed by atoms with Gasteiger partial charge in [-0.1, -0.05) is 35.9 Å². The molecule has 1 heterocycles. The second-order valence-corrected chi connectivity index (χ2v) is 8.77. The van der Waals surface area contributed by atoms with Crippen molar-refractivity contribution in [3.05, 3.63) is 106 Å². The zero-order chi connectivity index (χ0) is 24.8. The first kappa shape index (κ1) is 24.8. The van der Waals surface area contributed by atoms with Crippen molar-refractivity contribution in [1.82, 2.24) is 9.80 Å². The van der Waals surface area contributed by atoms with Gasteiger partial charge in [-0.25, -0.2) is 8.78 Å². The Hall–Kier alpha value is -3.31. The van der Waals surface area contributed by atoms with E-state index in [0.717, 1.165) is 5.56 Å². The van der Waals surface area contributed by atoms with Crippen molar-refractivity contribution in [2.45, 2.75) is 12.7 Å². The number of ether oxygens (including phenoxy) is 1. The van der Waals surface area contributed by atoms with Crippen LogP contribution >= 0.6 is 11.6 Å². The first-order valence-corrected chi connectivity index (χ1v) is 11.6. The molecule has 0 spiro atoms. The Bertz CT molecular complexity index is 1200. The van der Waals surface area contributed by atoms with Gasteiger partial charge >= 0.3 is 0 Å². The maximum absolute atomic E-state index is 14.1. The molecule has 1 aliphatic heterocycles. The van der Waals surface area contributed by atoms with Gasteiger partial charge in [0, 0.05) is 48.9 Å². The van der Waals surface area contributed by atoms with Crippen molar-refractivity contribution >= 4 is 17.5 Å². The monoisotopic (exact) mass is 495 g/mol. The SMILES string of the molecule is N#Cc1cccc(C(=O)N2CCN(CC(OCc3c(F)cccc3F)c3ccc(Cl)cc3)CC2)c1. The Morgan fingerprint density at radius 1 is 1.00 bits per heavy atom. The normalized spacial score (nSPS) is 15.0. The lowest BCUT2D eigenvalue weighted by Crippen LogP contribution is -2.49. The highest BCUT2D eigenvalue weighted by Crippen LogP contribution is 2.25. The Morgan fingerprint density at radius 3 is 2.31 bits per heavy atom. The molecule has 1 aliphatic rings. The van der Waals surface area contributed by atoms with Gasteiger partial charge < -0.3 is 9.64 Å². The van der Waals surface area contributed by atoms with Crippen LogP contribution in [0.4, 0.5) is 8.78 Å². The fourth-order valence-corrected chi connectivity index (χ4v) is 4.18. The quantitative estimate of drug-likeness (QED) is 0.452. The molecule has 5 nitrogen and oxygen atoms in total. The van der Waals surface area contributed by atoms with Crippen LogP contribution in [0.2, 0.25) is 5.02 Å². The number of nitriles is 1. The highest BCUT2D eigenvalue weighted by Gasteiger charge is 2.25. The van der Waals surface area contributed by atoms with E-state index in [1.807, 2.05) is 12.1 Å². The summed E-state index contributed by atoms with van der Waals surface area (Å²) < 4.78 is 34.2. The molecule has 0 N–H and O–H groups in total. The smallest absolute Gasteiger partial charge is 0.253 e. The fraction of sp³-hybridized carbons (Fsp3) is 0.259. The molecule has 1 unspecified atom stereocenters. The molecule has 0 saturated carbocycles. The number of carbonyl (C=O) groups excluding carboxylic acids is 1. The number of nitrogens with zero attached hydrogens (tertiary/aromatic N) is 3. The maximum Gasteiger partial charge on any atom is 0.253 e. The summed E-state index contributed by atoms with van der Waals surface area (Å²) >= 11 is 6.03. The Balaban J connectivity index is 1.41. The van der Waals surface area contributed by atoms with Gasteiger partial charge in [0.25, 0.3) is 5.91 Å². The van der Waals surface area contributed by atoms with Crippen LogP contribution in [-0.2, 0) is 11.3 Å². The van der Waals surface area contributed by atoms with Crippen LogP contribution in [-0.4, -0.2) is 48.4 Å². The van der Waals surface area contributed by atoms with Gasteiger partial charge in [-0.15, -0.1) is 0 Å².